The maximum atomic E-state index is 9.71. The molecule has 1 aliphatic rings. The van der Waals surface area contributed by atoms with Crippen molar-refractivity contribution in [3.63, 3.8) is 0 Å². The average Bonchev–Trinajstić information content (AvgIpc) is 2.99. The standard InChI is InChI=1S/C16H26O.C6H7.2ClH.Ti/c1-3-5-7-9-14-11-15(10-8-6-4-2)13-16(17)12-14;1-6-4-2-3-5-6;;;/h11-13,17H,3-10H2,1-2H3;2,4H,3H2,1H3;2*1H;/q;-1;;;/p-2. The van der Waals surface area contributed by atoms with E-state index in [2.05, 4.69) is 45.1 Å². The molecule has 0 aliphatic heterocycles. The second kappa shape index (κ2) is 19.6. The van der Waals surface area contributed by atoms with Gasteiger partial charge in [0.25, 0.3) is 0 Å². The molecule has 0 fully saturated rings. The molecule has 0 spiro atoms. The third-order valence-electron chi connectivity index (χ3n) is 4.04. The predicted molar refractivity (Wildman–Crippen MR) is 101 cm³/mol. The summed E-state index contributed by atoms with van der Waals surface area (Å²) in [6.45, 7) is 6.50. The molecule has 1 aromatic carbocycles. The van der Waals surface area contributed by atoms with Crippen molar-refractivity contribution in [1.82, 2.24) is 0 Å². The molecule has 1 aliphatic carbocycles. The van der Waals surface area contributed by atoms with Crippen LogP contribution in [0.5, 0.6) is 5.75 Å². The first-order valence-corrected chi connectivity index (χ1v) is 9.21. The van der Waals surface area contributed by atoms with Crippen LogP contribution in [0.15, 0.2) is 35.9 Å². The molecular weight excluding hydrogens is 399 g/mol. The molecule has 2 rings (SSSR count). The Labute approximate surface area is 188 Å². The summed E-state index contributed by atoms with van der Waals surface area (Å²) in [5.74, 6) is 0.436. The van der Waals surface area contributed by atoms with Crippen molar-refractivity contribution in [3.05, 3.63) is 53.1 Å². The van der Waals surface area contributed by atoms with Crippen LogP contribution in [-0.2, 0) is 34.6 Å². The third kappa shape index (κ3) is 14.9. The first kappa shape index (κ1) is 30.5. The predicted octanol–water partition coefficient (Wildman–Crippen LogP) is 0.559. The van der Waals surface area contributed by atoms with Crippen LogP contribution >= 0.6 is 0 Å². The molecule has 0 bridgehead atoms. The van der Waals surface area contributed by atoms with E-state index in [1.54, 1.807) is 0 Å². The molecule has 0 unspecified atom stereocenters. The fourth-order valence-corrected chi connectivity index (χ4v) is 2.70. The molecule has 0 heterocycles. The Morgan fingerprint density at radius 2 is 1.38 bits per heavy atom. The fraction of sp³-hybridized carbons (Fsp3) is 0.545. The van der Waals surface area contributed by atoms with Gasteiger partial charge >= 0.3 is 0 Å². The summed E-state index contributed by atoms with van der Waals surface area (Å²) in [6, 6.07) is 6.10. The summed E-state index contributed by atoms with van der Waals surface area (Å²) < 4.78 is 0. The van der Waals surface area contributed by atoms with E-state index in [0.29, 0.717) is 5.75 Å². The topological polar surface area (TPSA) is 20.2 Å². The van der Waals surface area contributed by atoms with Gasteiger partial charge in [0, 0.05) is 21.7 Å². The molecule has 26 heavy (non-hydrogen) atoms. The van der Waals surface area contributed by atoms with Gasteiger partial charge in [0.05, 0.1) is 0 Å². The van der Waals surface area contributed by atoms with Crippen LogP contribution in [0.4, 0.5) is 0 Å². The Balaban J connectivity index is -0.000000503. The van der Waals surface area contributed by atoms with Gasteiger partial charge in [-0.3, -0.25) is 6.08 Å². The van der Waals surface area contributed by atoms with Crippen LogP contribution in [0.25, 0.3) is 0 Å². The number of hydrogen-bond donors (Lipinski definition) is 1. The second-order valence-electron chi connectivity index (χ2n) is 6.39. The van der Waals surface area contributed by atoms with E-state index in [0.717, 1.165) is 19.3 Å². The Morgan fingerprint density at radius 3 is 1.69 bits per heavy atom. The summed E-state index contributed by atoms with van der Waals surface area (Å²) in [5.41, 5.74) is 3.87. The second-order valence-corrected chi connectivity index (χ2v) is 6.39. The molecule has 148 valence electrons. The zero-order chi connectivity index (χ0) is 16.9. The van der Waals surface area contributed by atoms with Gasteiger partial charge in [0.1, 0.15) is 5.75 Å². The Bertz CT molecular complexity index is 482. The van der Waals surface area contributed by atoms with Gasteiger partial charge in [-0.05, 0) is 48.9 Å². The number of phenolic OH excluding ortho intramolecular Hbond substituents is 1. The van der Waals surface area contributed by atoms with Crippen LogP contribution in [-0.4, -0.2) is 5.11 Å². The van der Waals surface area contributed by atoms with E-state index in [-0.39, 0.29) is 46.5 Å². The minimum atomic E-state index is 0. The number of aromatic hydroxyl groups is 1. The molecular formula is C22H33Cl2OTi-3. The van der Waals surface area contributed by atoms with E-state index in [1.807, 2.05) is 12.1 Å². The van der Waals surface area contributed by atoms with Crippen LogP contribution in [0, 0.1) is 6.08 Å². The van der Waals surface area contributed by atoms with E-state index >= 15 is 0 Å². The van der Waals surface area contributed by atoms with Gasteiger partial charge < -0.3 is 29.9 Å². The van der Waals surface area contributed by atoms with Gasteiger partial charge in [-0.15, -0.1) is 6.42 Å². The largest absolute Gasteiger partial charge is 1.00 e. The van der Waals surface area contributed by atoms with Crippen molar-refractivity contribution in [3.8, 4) is 5.75 Å². The van der Waals surface area contributed by atoms with Crippen LogP contribution in [0.3, 0.4) is 0 Å². The van der Waals surface area contributed by atoms with E-state index < -0.39 is 0 Å². The smallest absolute Gasteiger partial charge is 0.116 e. The monoisotopic (exact) mass is 431 g/mol. The third-order valence-corrected chi connectivity index (χ3v) is 4.04. The number of aryl methyl sites for hydroxylation is 2. The summed E-state index contributed by atoms with van der Waals surface area (Å²) in [6.07, 6.45) is 18.1. The summed E-state index contributed by atoms with van der Waals surface area (Å²) in [4.78, 5) is 0. The SMILES string of the molecule is CC1=[C-]CC=C1.CCCCCc1cc(O)cc(CCCCC)c1.[Cl-].[Cl-].[Ti]. The van der Waals surface area contributed by atoms with Crippen molar-refractivity contribution in [2.75, 3.05) is 0 Å². The molecule has 4 heteroatoms. The van der Waals surface area contributed by atoms with E-state index in [1.165, 1.54) is 55.2 Å². The van der Waals surface area contributed by atoms with Crippen molar-refractivity contribution < 1.29 is 51.6 Å². The summed E-state index contributed by atoms with van der Waals surface area (Å²) in [7, 11) is 0. The Kier molecular flexibility index (Phi) is 23.0. The number of unbranched alkanes of at least 4 members (excludes halogenated alkanes) is 4. The quantitative estimate of drug-likeness (QED) is 0.362. The number of phenols is 1. The number of allylic oxidation sites excluding steroid dienone is 4. The Hall–Kier alpha value is -0.206. The fourth-order valence-electron chi connectivity index (χ4n) is 2.70. The average molecular weight is 432 g/mol. The number of hydrogen-bond acceptors (Lipinski definition) is 1. The minimum absolute atomic E-state index is 0. The van der Waals surface area contributed by atoms with E-state index in [9.17, 15) is 5.11 Å². The minimum Gasteiger partial charge on any atom is -1.00 e. The molecule has 0 saturated heterocycles. The molecule has 0 atom stereocenters. The van der Waals surface area contributed by atoms with Crippen LogP contribution in [0.2, 0.25) is 0 Å². The van der Waals surface area contributed by atoms with Crippen molar-refractivity contribution in [2.24, 2.45) is 0 Å². The molecule has 0 radical (unpaired) electrons. The van der Waals surface area contributed by atoms with Gasteiger partial charge in [-0.25, -0.2) is 11.6 Å². The van der Waals surface area contributed by atoms with Crippen LogP contribution < -0.4 is 24.8 Å². The van der Waals surface area contributed by atoms with Crippen LogP contribution in [0.1, 0.15) is 76.8 Å². The zero-order valence-corrected chi connectivity index (χ0v) is 19.5. The summed E-state index contributed by atoms with van der Waals surface area (Å²) in [5, 5.41) is 9.71. The molecule has 0 saturated carbocycles. The number of rotatable bonds is 8. The maximum absolute atomic E-state index is 9.71. The molecule has 1 nitrogen and oxygen atoms in total. The zero-order valence-electron chi connectivity index (χ0n) is 16.5. The normalized spacial score (nSPS) is 11.3. The molecule has 0 amide bonds. The van der Waals surface area contributed by atoms with Gasteiger partial charge in [-0.2, -0.15) is 6.08 Å². The van der Waals surface area contributed by atoms with Crippen molar-refractivity contribution >= 4 is 0 Å². The van der Waals surface area contributed by atoms with Crippen molar-refractivity contribution in [1.29, 1.82) is 0 Å². The van der Waals surface area contributed by atoms with Gasteiger partial charge in [0.15, 0.2) is 0 Å². The van der Waals surface area contributed by atoms with Crippen molar-refractivity contribution in [2.45, 2.75) is 78.6 Å². The Morgan fingerprint density at radius 1 is 0.885 bits per heavy atom. The molecule has 1 N–H and O–H groups in total. The molecule has 0 aromatic heterocycles. The van der Waals surface area contributed by atoms with Gasteiger partial charge in [-0.1, -0.05) is 52.5 Å². The number of halogens is 2. The van der Waals surface area contributed by atoms with Gasteiger partial charge in [0.2, 0.25) is 0 Å². The molecule has 1 aromatic rings. The maximum Gasteiger partial charge on any atom is 0.116 e. The van der Waals surface area contributed by atoms with E-state index in [4.69, 9.17) is 0 Å². The number of benzene rings is 1. The first-order chi connectivity index (χ1) is 11.2. The summed E-state index contributed by atoms with van der Waals surface area (Å²) >= 11 is 0. The first-order valence-electron chi connectivity index (χ1n) is 9.21.